The third-order valence-electron chi connectivity index (χ3n) is 5.58. The van der Waals surface area contributed by atoms with E-state index >= 15 is 0 Å². The number of anilines is 1. The molecule has 0 spiro atoms. The van der Waals surface area contributed by atoms with Crippen molar-refractivity contribution in [1.29, 1.82) is 0 Å². The Bertz CT molecular complexity index is 1220. The van der Waals surface area contributed by atoms with Crippen molar-refractivity contribution in [2.24, 2.45) is 0 Å². The Morgan fingerprint density at radius 2 is 2.03 bits per heavy atom. The minimum absolute atomic E-state index is 0.0291. The first-order valence-electron chi connectivity index (χ1n) is 10.5. The Hall–Kier alpha value is -3.74. The molecule has 31 heavy (non-hydrogen) atoms. The summed E-state index contributed by atoms with van der Waals surface area (Å²) in [7, 11) is 0. The van der Waals surface area contributed by atoms with Crippen molar-refractivity contribution >= 4 is 22.9 Å². The van der Waals surface area contributed by atoms with Crippen LogP contribution >= 0.6 is 0 Å². The number of aryl methyl sites for hydroxylation is 1. The van der Waals surface area contributed by atoms with E-state index in [1.165, 1.54) is 0 Å². The van der Waals surface area contributed by atoms with Crippen LogP contribution in [-0.2, 0) is 11.2 Å². The van der Waals surface area contributed by atoms with Gasteiger partial charge < -0.3 is 15.2 Å². The third-order valence-corrected chi connectivity index (χ3v) is 5.58. The Kier molecular flexibility index (Phi) is 5.08. The first-order chi connectivity index (χ1) is 15.1. The van der Waals surface area contributed by atoms with Crippen LogP contribution in [-0.4, -0.2) is 45.0 Å². The minimum atomic E-state index is 0.0291. The number of hydrogen-bond acceptors (Lipinski definition) is 5. The molecule has 0 saturated carbocycles. The lowest BCUT2D eigenvalue weighted by Crippen LogP contribution is -2.38. The highest BCUT2D eigenvalue weighted by atomic mass is 16.1. The van der Waals surface area contributed by atoms with Gasteiger partial charge in [0.15, 0.2) is 0 Å². The number of H-pyrrole nitrogens is 1. The molecule has 1 fully saturated rings. The first kappa shape index (κ1) is 19.2. The van der Waals surface area contributed by atoms with E-state index in [2.05, 4.69) is 25.2 Å². The molecule has 3 heterocycles. The summed E-state index contributed by atoms with van der Waals surface area (Å²) in [6.07, 6.45) is 3.03. The largest absolute Gasteiger partial charge is 0.351 e. The number of carbonyl (C=O) groups excluding carboxylic acids is 1. The quantitative estimate of drug-likeness (QED) is 0.525. The number of rotatable bonds is 5. The van der Waals surface area contributed by atoms with E-state index in [1.54, 1.807) is 6.20 Å². The second-order valence-electron chi connectivity index (χ2n) is 7.96. The lowest BCUT2D eigenvalue weighted by molar-refractivity contribution is -0.121. The highest BCUT2D eigenvalue weighted by Crippen LogP contribution is 2.21. The van der Waals surface area contributed by atoms with Gasteiger partial charge in [-0.2, -0.15) is 0 Å². The lowest BCUT2D eigenvalue weighted by Gasteiger charge is -2.17. The zero-order valence-corrected chi connectivity index (χ0v) is 17.4. The van der Waals surface area contributed by atoms with Gasteiger partial charge in [0, 0.05) is 30.9 Å². The van der Waals surface area contributed by atoms with Crippen LogP contribution in [0.5, 0.6) is 0 Å². The maximum atomic E-state index is 12.6. The number of hydrogen-bond donors (Lipinski definition) is 2. The molecule has 0 radical (unpaired) electrons. The van der Waals surface area contributed by atoms with Crippen LogP contribution in [0.25, 0.3) is 22.3 Å². The van der Waals surface area contributed by atoms with Crippen molar-refractivity contribution in [1.82, 2.24) is 25.3 Å². The highest BCUT2D eigenvalue weighted by Gasteiger charge is 2.26. The summed E-state index contributed by atoms with van der Waals surface area (Å²) >= 11 is 0. The van der Waals surface area contributed by atoms with Gasteiger partial charge in [-0.3, -0.25) is 4.79 Å². The predicted molar refractivity (Wildman–Crippen MR) is 121 cm³/mol. The molecule has 156 valence electrons. The number of carbonyl (C=O) groups is 1. The van der Waals surface area contributed by atoms with Crippen LogP contribution in [0.1, 0.15) is 17.8 Å². The molecule has 1 atom stereocenters. The summed E-state index contributed by atoms with van der Waals surface area (Å²) in [5.74, 6) is 1.61. The average Bonchev–Trinajstić information content (AvgIpc) is 3.39. The van der Waals surface area contributed by atoms with Crippen LogP contribution in [0.3, 0.4) is 0 Å². The zero-order valence-electron chi connectivity index (χ0n) is 17.4. The fraction of sp³-hybridized carbons (Fsp3) is 0.250. The topological polar surface area (TPSA) is 86.8 Å². The summed E-state index contributed by atoms with van der Waals surface area (Å²) in [6.45, 7) is 3.46. The number of benzene rings is 2. The van der Waals surface area contributed by atoms with Crippen molar-refractivity contribution in [3.8, 4) is 11.3 Å². The molecular formula is C24H24N6O. The van der Waals surface area contributed by atoms with Crippen molar-refractivity contribution in [2.45, 2.75) is 25.8 Å². The number of imidazole rings is 1. The molecule has 5 rings (SSSR count). The van der Waals surface area contributed by atoms with Crippen LogP contribution < -0.4 is 10.2 Å². The van der Waals surface area contributed by atoms with Gasteiger partial charge in [-0.25, -0.2) is 15.0 Å². The van der Waals surface area contributed by atoms with Gasteiger partial charge in [0.25, 0.3) is 0 Å². The summed E-state index contributed by atoms with van der Waals surface area (Å²) in [5, 5.41) is 3.16. The van der Waals surface area contributed by atoms with Gasteiger partial charge in [-0.15, -0.1) is 0 Å². The second kappa shape index (κ2) is 8.18. The number of nitrogens with one attached hydrogen (secondary N) is 2. The fourth-order valence-electron chi connectivity index (χ4n) is 4.09. The van der Waals surface area contributed by atoms with Gasteiger partial charge in [-0.1, -0.05) is 36.4 Å². The molecule has 1 aliphatic heterocycles. The molecule has 7 heteroatoms. The summed E-state index contributed by atoms with van der Waals surface area (Å²) < 4.78 is 0. The molecule has 1 unspecified atom stereocenters. The van der Waals surface area contributed by atoms with E-state index in [0.717, 1.165) is 46.6 Å². The normalized spacial score (nSPS) is 16.0. The van der Waals surface area contributed by atoms with E-state index in [9.17, 15) is 4.79 Å². The number of aromatic nitrogens is 4. The maximum Gasteiger partial charge on any atom is 0.225 e. The van der Waals surface area contributed by atoms with Gasteiger partial charge in [0.05, 0.1) is 23.1 Å². The lowest BCUT2D eigenvalue weighted by atomic mass is 10.1. The molecule has 1 saturated heterocycles. The number of nitrogens with zero attached hydrogens (tertiary/aromatic N) is 4. The van der Waals surface area contributed by atoms with E-state index in [-0.39, 0.29) is 11.9 Å². The molecule has 2 N–H and O–H groups in total. The highest BCUT2D eigenvalue weighted by molar-refractivity contribution is 5.82. The summed E-state index contributed by atoms with van der Waals surface area (Å²) in [4.78, 5) is 31.6. The molecular weight excluding hydrogens is 388 g/mol. The van der Waals surface area contributed by atoms with Crippen molar-refractivity contribution in [3.05, 3.63) is 72.2 Å². The minimum Gasteiger partial charge on any atom is -0.351 e. The SMILES string of the molecule is Cc1nc2ccc(CC(=O)NC3CCN(c4nccc(-c5ccccc5)n4)C3)cc2[nH]1. The standard InChI is InChI=1S/C24H24N6O/c1-16-26-21-8-7-17(13-22(21)27-16)14-23(31)28-19-10-12-30(15-19)24-25-11-9-20(29-24)18-5-3-2-4-6-18/h2-9,11,13,19H,10,12,14-15H2,1H3,(H,26,27)(H,28,31). The summed E-state index contributed by atoms with van der Waals surface area (Å²) in [5.41, 5.74) is 4.83. The molecule has 7 nitrogen and oxygen atoms in total. The Labute approximate surface area is 180 Å². The number of fused-ring (bicyclic) bond motifs is 1. The van der Waals surface area contributed by atoms with E-state index < -0.39 is 0 Å². The van der Waals surface area contributed by atoms with Crippen molar-refractivity contribution < 1.29 is 4.79 Å². The van der Waals surface area contributed by atoms with Gasteiger partial charge in [-0.05, 0) is 37.1 Å². The zero-order chi connectivity index (χ0) is 21.2. The molecule has 4 aromatic rings. The van der Waals surface area contributed by atoms with Crippen LogP contribution in [0.4, 0.5) is 5.95 Å². The average molecular weight is 412 g/mol. The van der Waals surface area contributed by atoms with Crippen LogP contribution in [0.2, 0.25) is 0 Å². The van der Waals surface area contributed by atoms with Crippen LogP contribution in [0, 0.1) is 6.92 Å². The van der Waals surface area contributed by atoms with Crippen molar-refractivity contribution in [3.63, 3.8) is 0 Å². The van der Waals surface area contributed by atoms with E-state index in [0.29, 0.717) is 18.9 Å². The Morgan fingerprint density at radius 1 is 1.16 bits per heavy atom. The van der Waals surface area contributed by atoms with Crippen LogP contribution in [0.15, 0.2) is 60.8 Å². The maximum absolute atomic E-state index is 12.6. The smallest absolute Gasteiger partial charge is 0.225 e. The molecule has 0 bridgehead atoms. The van der Waals surface area contributed by atoms with E-state index in [1.807, 2.05) is 61.5 Å². The fourth-order valence-corrected chi connectivity index (χ4v) is 4.09. The first-order valence-corrected chi connectivity index (χ1v) is 10.5. The van der Waals surface area contributed by atoms with Gasteiger partial charge in [0.1, 0.15) is 5.82 Å². The summed E-state index contributed by atoms with van der Waals surface area (Å²) in [6, 6.07) is 18.0. The van der Waals surface area contributed by atoms with Gasteiger partial charge >= 0.3 is 0 Å². The molecule has 2 aromatic carbocycles. The number of aromatic amines is 1. The monoisotopic (exact) mass is 412 g/mol. The Morgan fingerprint density at radius 3 is 2.90 bits per heavy atom. The molecule has 2 aromatic heterocycles. The van der Waals surface area contributed by atoms with E-state index in [4.69, 9.17) is 4.98 Å². The third kappa shape index (κ3) is 4.26. The molecule has 1 aliphatic rings. The molecule has 1 amide bonds. The predicted octanol–water partition coefficient (Wildman–Crippen LogP) is 3.27. The van der Waals surface area contributed by atoms with Crippen molar-refractivity contribution in [2.75, 3.05) is 18.0 Å². The second-order valence-corrected chi connectivity index (χ2v) is 7.96. The molecule has 0 aliphatic carbocycles. The number of amides is 1. The Balaban J connectivity index is 1.21. The van der Waals surface area contributed by atoms with Gasteiger partial charge in [0.2, 0.25) is 11.9 Å².